The zero-order valence-electron chi connectivity index (χ0n) is 5.98. The van der Waals surface area contributed by atoms with E-state index >= 15 is 0 Å². The van der Waals surface area contributed by atoms with Crippen LogP contribution >= 0.6 is 0 Å². The normalized spacial score (nSPS) is 15.2. The molecule has 0 radical (unpaired) electrons. The largest absolute Gasteiger partial charge is 0.415 e. The summed E-state index contributed by atoms with van der Waals surface area (Å²) in [6, 6.07) is 6.84. The number of benzene rings is 1. The number of hydrogen-bond donors (Lipinski definition) is 0. The van der Waals surface area contributed by atoms with Gasteiger partial charge in [0.1, 0.15) is 0 Å². The average molecular weight is 274 g/mol. The lowest BCUT2D eigenvalue weighted by Crippen LogP contribution is -3.42. The number of rotatable bonds is 0. The summed E-state index contributed by atoms with van der Waals surface area (Å²) in [6.45, 7) is 0. The van der Waals surface area contributed by atoms with Crippen LogP contribution in [-0.2, 0) is 0 Å². The molecule has 4 heteroatoms. The molecule has 1 aromatic carbocycles. The van der Waals surface area contributed by atoms with E-state index in [1.165, 1.54) is 22.9 Å². The van der Waals surface area contributed by atoms with Crippen molar-refractivity contribution in [3.8, 4) is 0 Å². The predicted molar refractivity (Wildman–Crippen MR) is 38.3 cm³/mol. The summed E-state index contributed by atoms with van der Waals surface area (Å²) >= 11 is 1.42. The van der Waals surface area contributed by atoms with E-state index in [9.17, 15) is 9.59 Å². The van der Waals surface area contributed by atoms with Gasteiger partial charge in [0.15, 0.2) is 0 Å². The fraction of sp³-hybridized carbons (Fsp3) is 0. The summed E-state index contributed by atoms with van der Waals surface area (Å²) in [6.07, 6.45) is 0. The van der Waals surface area contributed by atoms with Crippen LogP contribution in [0.4, 0.5) is 0 Å². The molecule has 0 atom stereocenters. The lowest BCUT2D eigenvalue weighted by atomic mass is 10.1. The molecule has 1 aromatic rings. The highest BCUT2D eigenvalue weighted by Crippen LogP contribution is 2.17. The van der Waals surface area contributed by atoms with Crippen molar-refractivity contribution in [2.45, 2.75) is 0 Å². The Morgan fingerprint density at radius 3 is 1.83 bits per heavy atom. The second kappa shape index (κ2) is 2.55. The highest BCUT2D eigenvalue weighted by atomic mass is 127. The molecule has 0 fully saturated rings. The van der Waals surface area contributed by atoms with Gasteiger partial charge in [-0.3, -0.25) is 9.59 Å². The molecule has 0 unspecified atom stereocenters. The molecule has 2 amide bonds. The van der Waals surface area contributed by atoms with Crippen molar-refractivity contribution >= 4 is 11.8 Å². The molecule has 1 heterocycles. The van der Waals surface area contributed by atoms with E-state index < -0.39 is 0 Å². The SMILES string of the molecule is O=C1c2ccccc2C(=O)N1[IH+]. The van der Waals surface area contributed by atoms with Crippen LogP contribution in [0.25, 0.3) is 0 Å². The Morgan fingerprint density at radius 1 is 1.00 bits per heavy atom. The summed E-state index contributed by atoms with van der Waals surface area (Å²) in [5.74, 6) is -0.416. The van der Waals surface area contributed by atoms with Gasteiger partial charge in [-0.1, -0.05) is 15.2 Å². The van der Waals surface area contributed by atoms with Crippen molar-refractivity contribution in [2.24, 2.45) is 0 Å². The Labute approximate surface area is 82.9 Å². The first kappa shape index (κ1) is 7.72. The van der Waals surface area contributed by atoms with Gasteiger partial charge in [0, 0.05) is 0 Å². The van der Waals surface area contributed by atoms with Gasteiger partial charge in [0.2, 0.25) is 0 Å². The van der Waals surface area contributed by atoms with E-state index in [0.717, 1.165) is 3.11 Å². The summed E-state index contributed by atoms with van der Waals surface area (Å²) in [4.78, 5) is 22.6. The molecule has 0 saturated carbocycles. The van der Waals surface area contributed by atoms with Crippen LogP contribution in [0, 0.1) is 0 Å². The third-order valence-corrected chi connectivity index (χ3v) is 2.70. The van der Waals surface area contributed by atoms with E-state index in [4.69, 9.17) is 0 Å². The topological polar surface area (TPSA) is 37.4 Å². The van der Waals surface area contributed by atoms with Crippen LogP contribution in [0.3, 0.4) is 0 Å². The number of hydrogen-bond acceptors (Lipinski definition) is 2. The third-order valence-electron chi connectivity index (χ3n) is 1.76. The molecule has 2 rings (SSSR count). The minimum Gasteiger partial charge on any atom is -0.265 e. The number of carbonyl (C=O) groups excluding carboxylic acids is 2. The molecule has 0 bridgehead atoms. The molecule has 0 aromatic heterocycles. The molecule has 1 aliphatic heterocycles. The molecule has 0 saturated heterocycles. The lowest BCUT2D eigenvalue weighted by Gasteiger charge is -1.88. The van der Waals surface area contributed by atoms with E-state index in [2.05, 4.69) is 0 Å². The Kier molecular flexibility index (Phi) is 1.64. The maximum Gasteiger partial charge on any atom is 0.415 e. The van der Waals surface area contributed by atoms with Crippen LogP contribution in [0.15, 0.2) is 24.3 Å². The number of halogens is 1. The minimum atomic E-state index is -0.208. The number of nitrogens with zero attached hydrogens (tertiary/aromatic N) is 1. The Morgan fingerprint density at radius 2 is 1.42 bits per heavy atom. The van der Waals surface area contributed by atoms with Crippen molar-refractivity contribution in [1.82, 2.24) is 3.11 Å². The maximum atomic E-state index is 11.3. The van der Waals surface area contributed by atoms with Gasteiger partial charge in [-0.25, -0.2) is 0 Å². The van der Waals surface area contributed by atoms with Gasteiger partial charge >= 0.3 is 34.7 Å². The van der Waals surface area contributed by atoms with E-state index in [0.29, 0.717) is 11.1 Å². The number of fused-ring (bicyclic) bond motifs is 1. The molecule has 60 valence electrons. The molecule has 0 N–H and O–H groups in total. The quantitative estimate of drug-likeness (QED) is 0.297. The van der Waals surface area contributed by atoms with Crippen molar-refractivity contribution in [2.75, 3.05) is 0 Å². The monoisotopic (exact) mass is 274 g/mol. The van der Waals surface area contributed by atoms with Gasteiger partial charge < -0.3 is 0 Å². The highest BCUT2D eigenvalue weighted by Gasteiger charge is 2.39. The molecular weight excluding hydrogens is 269 g/mol. The molecule has 0 aliphatic carbocycles. The minimum absolute atomic E-state index is 0.208. The zero-order chi connectivity index (χ0) is 8.72. The first-order valence-electron chi connectivity index (χ1n) is 3.37. The fourth-order valence-corrected chi connectivity index (χ4v) is 1.73. The van der Waals surface area contributed by atoms with Gasteiger partial charge in [-0.15, -0.1) is 0 Å². The zero-order valence-corrected chi connectivity index (χ0v) is 8.31. The van der Waals surface area contributed by atoms with Gasteiger partial charge in [-0.2, -0.15) is 0 Å². The van der Waals surface area contributed by atoms with Crippen molar-refractivity contribution in [3.05, 3.63) is 35.4 Å². The number of amides is 2. The summed E-state index contributed by atoms with van der Waals surface area (Å²) in [5, 5.41) is 0. The predicted octanol–water partition coefficient (Wildman–Crippen LogP) is -2.52. The van der Waals surface area contributed by atoms with Crippen LogP contribution in [0.5, 0.6) is 0 Å². The molecular formula is C8H5INO2+. The average Bonchev–Trinajstić information content (AvgIpc) is 2.33. The number of imide groups is 1. The molecule has 1 aliphatic rings. The second-order valence-corrected chi connectivity index (χ2v) is 3.49. The Bertz CT molecular complexity index is 340. The van der Waals surface area contributed by atoms with Gasteiger partial charge in [0.05, 0.1) is 11.1 Å². The molecule has 3 nitrogen and oxygen atoms in total. The first-order chi connectivity index (χ1) is 5.72. The van der Waals surface area contributed by atoms with E-state index in [1.807, 2.05) is 0 Å². The van der Waals surface area contributed by atoms with Crippen molar-refractivity contribution in [3.63, 3.8) is 0 Å². The van der Waals surface area contributed by atoms with Crippen LogP contribution in [0.2, 0.25) is 0 Å². The summed E-state index contributed by atoms with van der Waals surface area (Å²) in [7, 11) is 0. The third kappa shape index (κ3) is 0.874. The van der Waals surface area contributed by atoms with Crippen LogP contribution < -0.4 is 22.9 Å². The Hall–Kier alpha value is -0.910. The summed E-state index contributed by atoms with van der Waals surface area (Å²) < 4.78 is 1.14. The molecule has 0 spiro atoms. The summed E-state index contributed by atoms with van der Waals surface area (Å²) in [5.41, 5.74) is 1.01. The highest BCUT2D eigenvalue weighted by molar-refractivity contribution is 6.20. The van der Waals surface area contributed by atoms with Crippen LogP contribution in [0.1, 0.15) is 20.7 Å². The van der Waals surface area contributed by atoms with E-state index in [1.54, 1.807) is 24.3 Å². The maximum absolute atomic E-state index is 11.3. The first-order valence-corrected chi connectivity index (χ1v) is 4.41. The second-order valence-electron chi connectivity index (χ2n) is 2.45. The van der Waals surface area contributed by atoms with Crippen LogP contribution in [-0.4, -0.2) is 14.9 Å². The smallest absolute Gasteiger partial charge is 0.265 e. The van der Waals surface area contributed by atoms with E-state index in [-0.39, 0.29) is 11.8 Å². The standard InChI is InChI=1S/C8H5INO2/c9-10-7(11)5-3-1-2-4-6(5)8(10)12/h1-4,9H/q+1. The lowest BCUT2D eigenvalue weighted by molar-refractivity contribution is -0.519. The Balaban J connectivity index is 2.67. The molecule has 12 heavy (non-hydrogen) atoms. The van der Waals surface area contributed by atoms with Gasteiger partial charge in [0.25, 0.3) is 0 Å². The van der Waals surface area contributed by atoms with Crippen molar-refractivity contribution < 1.29 is 32.5 Å². The fourth-order valence-electron chi connectivity index (χ4n) is 1.17. The van der Waals surface area contributed by atoms with Crippen molar-refractivity contribution in [1.29, 1.82) is 0 Å². The number of carbonyl (C=O) groups is 2. The van der Waals surface area contributed by atoms with Gasteiger partial charge in [-0.05, 0) is 12.1 Å².